The lowest BCUT2D eigenvalue weighted by Gasteiger charge is -2.05. The van der Waals surface area contributed by atoms with Crippen molar-refractivity contribution < 1.29 is 27.5 Å². The number of hydrogen-bond donors (Lipinski definition) is 3. The Morgan fingerprint density at radius 3 is 2.63 bits per heavy atom. The van der Waals surface area contributed by atoms with Crippen molar-refractivity contribution in [2.75, 3.05) is 18.8 Å². The Hall–Kier alpha value is -1.87. The first-order valence-electron chi connectivity index (χ1n) is 5.43. The Bertz CT molecular complexity index is 562. The van der Waals surface area contributed by atoms with Gasteiger partial charge in [-0.1, -0.05) is 6.92 Å². The van der Waals surface area contributed by atoms with Gasteiger partial charge in [0.1, 0.15) is 6.26 Å². The van der Waals surface area contributed by atoms with E-state index < -0.39 is 21.9 Å². The summed E-state index contributed by atoms with van der Waals surface area (Å²) < 4.78 is 29.6. The molecule has 0 aliphatic heterocycles. The normalized spacial score (nSPS) is 11.2. The van der Waals surface area contributed by atoms with Gasteiger partial charge in [0.15, 0.2) is 5.76 Å². The molecule has 0 bridgehead atoms. The molecule has 0 fully saturated rings. The Morgan fingerprint density at radius 2 is 2.11 bits per heavy atom. The van der Waals surface area contributed by atoms with E-state index in [4.69, 9.17) is 9.52 Å². The second kappa shape index (κ2) is 6.34. The van der Waals surface area contributed by atoms with Gasteiger partial charge >= 0.3 is 5.97 Å². The van der Waals surface area contributed by atoms with Crippen LogP contribution < -0.4 is 10.0 Å². The van der Waals surface area contributed by atoms with Gasteiger partial charge in [0.05, 0.1) is 11.3 Å². The smallest absolute Gasteiger partial charge is 0.338 e. The molecule has 9 heteroatoms. The van der Waals surface area contributed by atoms with Crippen LogP contribution in [0.3, 0.4) is 0 Å². The number of carboxylic acid groups (broad SMARTS) is 1. The van der Waals surface area contributed by atoms with E-state index in [0.29, 0.717) is 0 Å². The maximum atomic E-state index is 11.5. The number of hydrogen-bond acceptors (Lipinski definition) is 5. The summed E-state index contributed by atoms with van der Waals surface area (Å²) >= 11 is 0. The molecule has 3 N–H and O–H groups in total. The highest BCUT2D eigenvalue weighted by molar-refractivity contribution is 7.89. The molecule has 0 atom stereocenters. The molecule has 0 saturated carbocycles. The highest BCUT2D eigenvalue weighted by Crippen LogP contribution is 2.07. The van der Waals surface area contributed by atoms with Crippen molar-refractivity contribution in [2.24, 2.45) is 0 Å². The molecular weight excluding hydrogens is 276 g/mol. The van der Waals surface area contributed by atoms with Crippen LogP contribution in [0.4, 0.5) is 0 Å². The summed E-state index contributed by atoms with van der Waals surface area (Å²) in [4.78, 5) is 22.1. The number of carbonyl (C=O) groups is 2. The summed E-state index contributed by atoms with van der Waals surface area (Å²) in [5.74, 6) is -2.33. The van der Waals surface area contributed by atoms with Crippen molar-refractivity contribution in [1.29, 1.82) is 0 Å². The van der Waals surface area contributed by atoms with Gasteiger partial charge in [0, 0.05) is 19.2 Å². The van der Waals surface area contributed by atoms with E-state index in [9.17, 15) is 18.0 Å². The number of furan rings is 1. The van der Waals surface area contributed by atoms with Gasteiger partial charge < -0.3 is 14.8 Å². The first-order valence-corrected chi connectivity index (χ1v) is 7.08. The molecule has 0 aliphatic rings. The predicted molar refractivity (Wildman–Crippen MR) is 65.5 cm³/mol. The van der Waals surface area contributed by atoms with Crippen molar-refractivity contribution >= 4 is 21.9 Å². The zero-order valence-electron chi connectivity index (χ0n) is 10.2. The topological polar surface area (TPSA) is 126 Å². The number of rotatable bonds is 7. The fourth-order valence-corrected chi connectivity index (χ4v) is 2.20. The number of aromatic carboxylic acids is 1. The summed E-state index contributed by atoms with van der Waals surface area (Å²) in [6.07, 6.45) is 0.937. The highest BCUT2D eigenvalue weighted by Gasteiger charge is 2.15. The minimum atomic E-state index is -3.41. The number of amides is 1. The molecular formula is C10H14N2O6S. The maximum absolute atomic E-state index is 11.5. The second-order valence-electron chi connectivity index (χ2n) is 3.58. The van der Waals surface area contributed by atoms with Gasteiger partial charge in [-0.15, -0.1) is 0 Å². The first kappa shape index (κ1) is 15.2. The fourth-order valence-electron chi connectivity index (χ4n) is 1.25. The molecule has 8 nitrogen and oxygen atoms in total. The third kappa shape index (κ3) is 4.72. The van der Waals surface area contributed by atoms with E-state index in [2.05, 4.69) is 10.0 Å². The Morgan fingerprint density at radius 1 is 1.42 bits per heavy atom. The van der Waals surface area contributed by atoms with Crippen molar-refractivity contribution in [1.82, 2.24) is 10.0 Å². The standard InChI is InChI=1S/C10H14N2O6S/c1-2-12-19(16,17)4-3-11-9(13)8-5-7(6-18-8)10(14)15/h5-6,12H,2-4H2,1H3,(H,11,13)(H,14,15). The minimum Gasteiger partial charge on any atom is -0.478 e. The van der Waals surface area contributed by atoms with Gasteiger partial charge in [-0.3, -0.25) is 4.79 Å². The van der Waals surface area contributed by atoms with Crippen molar-refractivity contribution in [2.45, 2.75) is 6.92 Å². The third-order valence-corrected chi connectivity index (χ3v) is 3.56. The molecule has 1 amide bonds. The largest absolute Gasteiger partial charge is 0.478 e. The zero-order valence-corrected chi connectivity index (χ0v) is 11.0. The molecule has 1 heterocycles. The summed E-state index contributed by atoms with van der Waals surface area (Å²) in [6, 6.07) is 1.07. The predicted octanol–water partition coefficient (Wildman–Crippen LogP) is -0.353. The molecule has 0 radical (unpaired) electrons. The molecule has 0 unspecified atom stereocenters. The number of carboxylic acids is 1. The van der Waals surface area contributed by atoms with Gasteiger partial charge in [-0.05, 0) is 0 Å². The summed E-state index contributed by atoms with van der Waals surface area (Å²) in [7, 11) is -3.41. The zero-order chi connectivity index (χ0) is 14.5. The number of carbonyl (C=O) groups excluding carboxylic acids is 1. The van der Waals surface area contributed by atoms with Crippen LogP contribution in [0.5, 0.6) is 0 Å². The van der Waals surface area contributed by atoms with Gasteiger partial charge in [0.25, 0.3) is 5.91 Å². The van der Waals surface area contributed by atoms with Crippen LogP contribution in [-0.4, -0.2) is 44.2 Å². The van der Waals surface area contributed by atoms with Crippen molar-refractivity contribution in [3.05, 3.63) is 23.7 Å². The highest BCUT2D eigenvalue weighted by atomic mass is 32.2. The molecule has 0 aromatic carbocycles. The third-order valence-electron chi connectivity index (χ3n) is 2.09. The average Bonchev–Trinajstić information content (AvgIpc) is 2.77. The van der Waals surface area contributed by atoms with Crippen LogP contribution in [0.1, 0.15) is 27.8 Å². The summed E-state index contributed by atoms with van der Waals surface area (Å²) in [5, 5.41) is 11.0. The van der Waals surface area contributed by atoms with E-state index in [1.54, 1.807) is 6.92 Å². The molecule has 0 spiro atoms. The van der Waals surface area contributed by atoms with Crippen LogP contribution in [-0.2, 0) is 10.0 Å². The molecule has 0 aliphatic carbocycles. The molecule has 106 valence electrons. The molecule has 1 aromatic rings. The van der Waals surface area contributed by atoms with Crippen LogP contribution in [0.25, 0.3) is 0 Å². The van der Waals surface area contributed by atoms with Crippen molar-refractivity contribution in [3.8, 4) is 0 Å². The van der Waals surface area contributed by atoms with E-state index in [-0.39, 0.29) is 30.2 Å². The van der Waals surface area contributed by atoms with E-state index >= 15 is 0 Å². The summed E-state index contributed by atoms with van der Waals surface area (Å²) in [5.41, 5.74) is -0.148. The Balaban J connectivity index is 2.49. The number of sulfonamides is 1. The van der Waals surface area contributed by atoms with Gasteiger partial charge in [-0.25, -0.2) is 17.9 Å². The maximum Gasteiger partial charge on any atom is 0.338 e. The van der Waals surface area contributed by atoms with Crippen LogP contribution >= 0.6 is 0 Å². The Kier molecular flexibility index (Phi) is 5.07. The number of nitrogens with one attached hydrogen (secondary N) is 2. The molecule has 19 heavy (non-hydrogen) atoms. The lowest BCUT2D eigenvalue weighted by Crippen LogP contribution is -2.34. The molecule has 1 rings (SSSR count). The lowest BCUT2D eigenvalue weighted by atomic mass is 10.3. The molecule has 0 saturated heterocycles. The summed E-state index contributed by atoms with van der Waals surface area (Å²) in [6.45, 7) is 1.82. The van der Waals surface area contributed by atoms with Crippen LogP contribution in [0.2, 0.25) is 0 Å². The quantitative estimate of drug-likeness (QED) is 0.630. The second-order valence-corrected chi connectivity index (χ2v) is 5.50. The minimum absolute atomic E-state index is 0.0999. The van der Waals surface area contributed by atoms with Crippen molar-refractivity contribution in [3.63, 3.8) is 0 Å². The monoisotopic (exact) mass is 290 g/mol. The lowest BCUT2D eigenvalue weighted by molar-refractivity contribution is 0.0695. The van der Waals surface area contributed by atoms with Crippen LogP contribution in [0, 0.1) is 0 Å². The molecule has 1 aromatic heterocycles. The van der Waals surface area contributed by atoms with E-state index in [0.717, 1.165) is 12.3 Å². The van der Waals surface area contributed by atoms with Gasteiger partial charge in [-0.2, -0.15) is 0 Å². The SMILES string of the molecule is CCNS(=O)(=O)CCNC(=O)c1cc(C(=O)O)co1. The van der Waals surface area contributed by atoms with E-state index in [1.165, 1.54) is 0 Å². The Labute approximate surface area is 109 Å². The van der Waals surface area contributed by atoms with Gasteiger partial charge in [0.2, 0.25) is 10.0 Å². The van der Waals surface area contributed by atoms with Crippen LogP contribution in [0.15, 0.2) is 16.7 Å². The first-order chi connectivity index (χ1) is 8.85. The average molecular weight is 290 g/mol. The van der Waals surface area contributed by atoms with E-state index in [1.807, 2.05) is 0 Å². The fraction of sp³-hybridized carbons (Fsp3) is 0.400.